The lowest BCUT2D eigenvalue weighted by molar-refractivity contribution is -0.132. The van der Waals surface area contributed by atoms with Crippen molar-refractivity contribution < 1.29 is 14.0 Å². The number of rotatable bonds is 7. The number of pyridine rings is 1. The molecule has 0 aromatic carbocycles. The monoisotopic (exact) mass is 434 g/mol. The molecule has 0 saturated carbocycles. The summed E-state index contributed by atoms with van der Waals surface area (Å²) in [6.45, 7) is 1.04. The zero-order valence-corrected chi connectivity index (χ0v) is 17.8. The van der Waals surface area contributed by atoms with Gasteiger partial charge in [0.15, 0.2) is 0 Å². The molecular formula is C23H22N4O3S. The van der Waals surface area contributed by atoms with Crippen LogP contribution in [-0.4, -0.2) is 28.2 Å². The summed E-state index contributed by atoms with van der Waals surface area (Å²) >= 11 is 1.39. The number of thiophene rings is 1. The van der Waals surface area contributed by atoms with Gasteiger partial charge in [-0.2, -0.15) is 5.26 Å². The molecular weight excluding hydrogens is 412 g/mol. The van der Waals surface area contributed by atoms with Gasteiger partial charge in [-0.3, -0.25) is 14.6 Å². The zero-order chi connectivity index (χ0) is 21.6. The number of amides is 2. The molecule has 7 nitrogen and oxygen atoms in total. The van der Waals surface area contributed by atoms with Crippen LogP contribution in [-0.2, 0) is 35.4 Å². The Balaban J connectivity index is 1.37. The van der Waals surface area contributed by atoms with E-state index in [1.807, 2.05) is 29.2 Å². The molecule has 2 amide bonds. The summed E-state index contributed by atoms with van der Waals surface area (Å²) in [5.74, 6) is 0.669. The van der Waals surface area contributed by atoms with Crippen molar-refractivity contribution in [2.45, 2.75) is 38.6 Å². The van der Waals surface area contributed by atoms with Crippen molar-refractivity contribution in [3.05, 3.63) is 70.3 Å². The van der Waals surface area contributed by atoms with E-state index in [0.29, 0.717) is 49.3 Å². The average Bonchev–Trinajstić information content (AvgIpc) is 3.43. The molecule has 0 aliphatic carbocycles. The molecule has 0 radical (unpaired) electrons. The lowest BCUT2D eigenvalue weighted by Crippen LogP contribution is -2.35. The second kappa shape index (κ2) is 9.58. The Labute approximate surface area is 184 Å². The van der Waals surface area contributed by atoms with E-state index in [9.17, 15) is 14.9 Å². The maximum atomic E-state index is 12.7. The summed E-state index contributed by atoms with van der Waals surface area (Å²) in [7, 11) is 0. The topological polar surface area (TPSA) is 99.2 Å². The Morgan fingerprint density at radius 2 is 2.13 bits per heavy atom. The van der Waals surface area contributed by atoms with Crippen LogP contribution in [0, 0.1) is 11.3 Å². The minimum Gasteiger partial charge on any atom is -0.469 e. The number of furan rings is 1. The summed E-state index contributed by atoms with van der Waals surface area (Å²) < 4.78 is 5.26. The van der Waals surface area contributed by atoms with E-state index in [2.05, 4.69) is 16.4 Å². The fourth-order valence-corrected chi connectivity index (χ4v) is 4.87. The van der Waals surface area contributed by atoms with Crippen molar-refractivity contribution in [2.24, 2.45) is 0 Å². The number of fused-ring (bicyclic) bond motifs is 1. The standard InChI is InChI=1S/C23H22N4O3S/c24-14-19-18-10-12-27(22(29)9-6-16-4-1-2-11-25-16)15-20(18)31-23(19)26-21(28)8-7-17-5-3-13-30-17/h1-5,11,13H,6-10,12,15H2,(H,26,28). The molecule has 0 fully saturated rings. The first kappa shape index (κ1) is 20.8. The van der Waals surface area contributed by atoms with Crippen molar-refractivity contribution in [1.82, 2.24) is 9.88 Å². The van der Waals surface area contributed by atoms with Gasteiger partial charge in [0.05, 0.1) is 18.4 Å². The molecule has 4 rings (SSSR count). The van der Waals surface area contributed by atoms with Crippen LogP contribution in [0.2, 0.25) is 0 Å². The number of aryl methyl sites for hydroxylation is 2. The van der Waals surface area contributed by atoms with Crippen LogP contribution in [0.5, 0.6) is 0 Å². The van der Waals surface area contributed by atoms with Gasteiger partial charge < -0.3 is 14.6 Å². The third-order valence-corrected chi connectivity index (χ3v) is 6.41. The largest absolute Gasteiger partial charge is 0.469 e. The third-order valence-electron chi connectivity index (χ3n) is 5.27. The first-order valence-corrected chi connectivity index (χ1v) is 11.0. The molecule has 0 bridgehead atoms. The predicted molar refractivity (Wildman–Crippen MR) is 116 cm³/mol. The summed E-state index contributed by atoms with van der Waals surface area (Å²) in [5.41, 5.74) is 2.37. The Kier molecular flexibility index (Phi) is 6.43. The zero-order valence-electron chi connectivity index (χ0n) is 17.0. The fraction of sp³-hybridized carbons (Fsp3) is 0.304. The Morgan fingerprint density at radius 3 is 2.87 bits per heavy atom. The molecule has 1 N–H and O–H groups in total. The maximum absolute atomic E-state index is 12.7. The van der Waals surface area contributed by atoms with E-state index in [1.54, 1.807) is 18.5 Å². The van der Waals surface area contributed by atoms with Crippen molar-refractivity contribution in [1.29, 1.82) is 5.26 Å². The number of hydrogen-bond acceptors (Lipinski definition) is 6. The molecule has 1 aliphatic rings. The summed E-state index contributed by atoms with van der Waals surface area (Å²) in [4.78, 5) is 32.1. The molecule has 4 heterocycles. The molecule has 0 unspecified atom stereocenters. The number of hydrogen-bond donors (Lipinski definition) is 1. The number of nitriles is 1. The fourth-order valence-electron chi connectivity index (χ4n) is 3.64. The molecule has 0 spiro atoms. The van der Waals surface area contributed by atoms with Crippen LogP contribution in [0.1, 0.15) is 40.3 Å². The summed E-state index contributed by atoms with van der Waals surface area (Å²) in [6, 6.07) is 11.5. The van der Waals surface area contributed by atoms with Gasteiger partial charge in [0, 0.05) is 42.6 Å². The minimum atomic E-state index is -0.158. The maximum Gasteiger partial charge on any atom is 0.225 e. The van der Waals surface area contributed by atoms with Crippen LogP contribution < -0.4 is 5.32 Å². The molecule has 8 heteroatoms. The molecule has 3 aromatic heterocycles. The van der Waals surface area contributed by atoms with Gasteiger partial charge in [0.25, 0.3) is 0 Å². The SMILES string of the molecule is N#Cc1c(NC(=O)CCc2ccco2)sc2c1CCN(C(=O)CCc1ccccn1)C2. The van der Waals surface area contributed by atoms with E-state index in [1.165, 1.54) is 11.3 Å². The van der Waals surface area contributed by atoms with Crippen molar-refractivity contribution in [2.75, 3.05) is 11.9 Å². The second-order valence-electron chi connectivity index (χ2n) is 7.33. The lowest BCUT2D eigenvalue weighted by atomic mass is 10.0. The van der Waals surface area contributed by atoms with E-state index < -0.39 is 0 Å². The number of aromatic nitrogens is 1. The van der Waals surface area contributed by atoms with Crippen LogP contribution in [0.4, 0.5) is 5.00 Å². The van der Waals surface area contributed by atoms with E-state index in [0.717, 1.165) is 21.9 Å². The Morgan fingerprint density at radius 1 is 1.23 bits per heavy atom. The quantitative estimate of drug-likeness (QED) is 0.611. The highest BCUT2D eigenvalue weighted by Crippen LogP contribution is 2.37. The predicted octanol–water partition coefficient (Wildman–Crippen LogP) is 3.70. The first-order chi connectivity index (χ1) is 15.1. The molecule has 0 atom stereocenters. The first-order valence-electron chi connectivity index (χ1n) is 10.2. The van der Waals surface area contributed by atoms with Gasteiger partial charge in [0.1, 0.15) is 16.8 Å². The highest BCUT2D eigenvalue weighted by atomic mass is 32.1. The van der Waals surface area contributed by atoms with Crippen LogP contribution >= 0.6 is 11.3 Å². The number of nitrogens with one attached hydrogen (secondary N) is 1. The van der Waals surface area contributed by atoms with Gasteiger partial charge in [-0.05, 0) is 42.7 Å². The molecule has 0 saturated heterocycles. The number of nitrogens with zero attached hydrogens (tertiary/aromatic N) is 3. The highest BCUT2D eigenvalue weighted by Gasteiger charge is 2.27. The van der Waals surface area contributed by atoms with Crippen molar-refractivity contribution in [3.8, 4) is 6.07 Å². The Hall–Kier alpha value is -3.44. The van der Waals surface area contributed by atoms with Gasteiger partial charge in [-0.15, -0.1) is 11.3 Å². The number of carbonyl (C=O) groups is 2. The summed E-state index contributed by atoms with van der Waals surface area (Å²) in [6.07, 6.45) is 5.72. The van der Waals surface area contributed by atoms with Crippen molar-refractivity contribution in [3.63, 3.8) is 0 Å². The smallest absolute Gasteiger partial charge is 0.225 e. The highest BCUT2D eigenvalue weighted by molar-refractivity contribution is 7.16. The summed E-state index contributed by atoms with van der Waals surface area (Å²) in [5, 5.41) is 13.1. The van der Waals surface area contributed by atoms with Gasteiger partial charge in [0.2, 0.25) is 11.8 Å². The lowest BCUT2D eigenvalue weighted by Gasteiger charge is -2.27. The molecule has 1 aliphatic heterocycles. The molecule has 158 valence electrons. The van der Waals surface area contributed by atoms with Crippen LogP contribution in [0.25, 0.3) is 0 Å². The normalized spacial score (nSPS) is 12.8. The minimum absolute atomic E-state index is 0.0762. The van der Waals surface area contributed by atoms with Crippen LogP contribution in [0.15, 0.2) is 47.2 Å². The van der Waals surface area contributed by atoms with Crippen molar-refractivity contribution >= 4 is 28.2 Å². The molecule has 3 aromatic rings. The third kappa shape index (κ3) is 5.01. The molecule has 31 heavy (non-hydrogen) atoms. The number of carbonyl (C=O) groups excluding carboxylic acids is 2. The Bertz CT molecular complexity index is 1100. The van der Waals surface area contributed by atoms with E-state index in [-0.39, 0.29) is 18.2 Å². The van der Waals surface area contributed by atoms with Gasteiger partial charge in [-0.25, -0.2) is 0 Å². The van der Waals surface area contributed by atoms with Crippen LogP contribution in [0.3, 0.4) is 0 Å². The average molecular weight is 435 g/mol. The van der Waals surface area contributed by atoms with E-state index >= 15 is 0 Å². The van der Waals surface area contributed by atoms with Gasteiger partial charge >= 0.3 is 0 Å². The van der Waals surface area contributed by atoms with E-state index in [4.69, 9.17) is 4.42 Å². The van der Waals surface area contributed by atoms with Gasteiger partial charge in [-0.1, -0.05) is 6.07 Å². The number of anilines is 1. The second-order valence-corrected chi connectivity index (χ2v) is 8.44.